The molecule has 0 atom stereocenters. The molecule has 0 aliphatic carbocycles. The van der Waals surface area contributed by atoms with Crippen LogP contribution in [0.15, 0.2) is 49.1 Å². The summed E-state index contributed by atoms with van der Waals surface area (Å²) in [6, 6.07) is 10.0. The zero-order valence-electron chi connectivity index (χ0n) is 15.6. The van der Waals surface area contributed by atoms with Crippen LogP contribution in [0.25, 0.3) is 6.08 Å². The zero-order valence-corrected chi connectivity index (χ0v) is 15.6. The Kier molecular flexibility index (Phi) is 14.8. The molecule has 0 heterocycles. The maximum Gasteiger partial charge on any atom is 0.333 e. The first-order chi connectivity index (χ1) is 11.6. The molecule has 0 aliphatic heterocycles. The molecule has 0 N–H and O–H groups in total. The SMILES string of the molecule is C=C(C)C(=O)OCCCCCCCCCC.C=Cc1ccccc1. The molecule has 1 aromatic rings. The van der Waals surface area contributed by atoms with Crippen LogP contribution < -0.4 is 0 Å². The van der Waals surface area contributed by atoms with Gasteiger partial charge < -0.3 is 4.74 Å². The minimum atomic E-state index is -0.261. The van der Waals surface area contributed by atoms with E-state index in [1.54, 1.807) is 6.92 Å². The first-order valence-electron chi connectivity index (χ1n) is 9.12. The van der Waals surface area contributed by atoms with Crippen LogP contribution in [0, 0.1) is 0 Å². The van der Waals surface area contributed by atoms with Gasteiger partial charge in [-0.2, -0.15) is 0 Å². The lowest BCUT2D eigenvalue weighted by Crippen LogP contribution is -2.05. The Morgan fingerprint density at radius 3 is 2.00 bits per heavy atom. The van der Waals surface area contributed by atoms with Gasteiger partial charge in [0.2, 0.25) is 0 Å². The Balaban J connectivity index is 0.000000546. The molecule has 0 aromatic heterocycles. The van der Waals surface area contributed by atoms with E-state index in [4.69, 9.17) is 4.74 Å². The number of ether oxygens (including phenoxy) is 1. The van der Waals surface area contributed by atoms with Crippen molar-refractivity contribution in [1.82, 2.24) is 0 Å². The van der Waals surface area contributed by atoms with Gasteiger partial charge in [0.15, 0.2) is 0 Å². The molecule has 0 amide bonds. The van der Waals surface area contributed by atoms with E-state index in [9.17, 15) is 4.79 Å². The van der Waals surface area contributed by atoms with Gasteiger partial charge in [0, 0.05) is 5.57 Å². The molecule has 0 saturated carbocycles. The van der Waals surface area contributed by atoms with Crippen LogP contribution in [-0.2, 0) is 9.53 Å². The fourth-order valence-electron chi connectivity index (χ4n) is 2.11. The number of unbranched alkanes of at least 4 members (excludes halogenated alkanes) is 7. The molecule has 1 aromatic carbocycles. The number of hydrogen-bond acceptors (Lipinski definition) is 2. The van der Waals surface area contributed by atoms with Crippen LogP contribution in [0.5, 0.6) is 0 Å². The largest absolute Gasteiger partial charge is 0.462 e. The van der Waals surface area contributed by atoms with Crippen LogP contribution in [0.4, 0.5) is 0 Å². The van der Waals surface area contributed by atoms with Crippen molar-refractivity contribution < 1.29 is 9.53 Å². The number of rotatable bonds is 11. The maximum atomic E-state index is 11.0. The summed E-state index contributed by atoms with van der Waals surface area (Å²) < 4.78 is 5.01. The van der Waals surface area contributed by atoms with Crippen LogP contribution in [0.2, 0.25) is 0 Å². The van der Waals surface area contributed by atoms with Crippen molar-refractivity contribution in [2.75, 3.05) is 6.61 Å². The van der Waals surface area contributed by atoms with Crippen molar-refractivity contribution in [1.29, 1.82) is 0 Å². The van der Waals surface area contributed by atoms with Crippen molar-refractivity contribution in [3.8, 4) is 0 Å². The van der Waals surface area contributed by atoms with E-state index >= 15 is 0 Å². The summed E-state index contributed by atoms with van der Waals surface area (Å²) in [6.07, 6.45) is 11.9. The summed E-state index contributed by atoms with van der Waals surface area (Å²) >= 11 is 0. The second kappa shape index (κ2) is 16.0. The minimum Gasteiger partial charge on any atom is -0.462 e. The number of carbonyl (C=O) groups is 1. The average Bonchev–Trinajstić information content (AvgIpc) is 2.61. The van der Waals surface area contributed by atoms with Gasteiger partial charge in [-0.15, -0.1) is 0 Å². The van der Waals surface area contributed by atoms with Gasteiger partial charge in [0.1, 0.15) is 0 Å². The Morgan fingerprint density at radius 2 is 1.54 bits per heavy atom. The third-order valence-corrected chi connectivity index (χ3v) is 3.61. The summed E-state index contributed by atoms with van der Waals surface area (Å²) in [5.74, 6) is -0.261. The molecule has 0 aliphatic rings. The Labute approximate surface area is 148 Å². The van der Waals surface area contributed by atoms with E-state index in [0.717, 1.165) is 12.8 Å². The molecule has 24 heavy (non-hydrogen) atoms. The van der Waals surface area contributed by atoms with Crippen molar-refractivity contribution in [2.45, 2.75) is 65.2 Å². The normalized spacial score (nSPS) is 9.58. The summed E-state index contributed by atoms with van der Waals surface area (Å²) in [5.41, 5.74) is 1.66. The van der Waals surface area contributed by atoms with Gasteiger partial charge in [-0.3, -0.25) is 0 Å². The molecule has 0 fully saturated rings. The number of carbonyl (C=O) groups excluding carboxylic acids is 1. The van der Waals surface area contributed by atoms with Crippen molar-refractivity contribution >= 4 is 12.0 Å². The highest BCUT2D eigenvalue weighted by atomic mass is 16.5. The maximum absolute atomic E-state index is 11.0. The predicted octanol–water partition coefficient (Wildman–Crippen LogP) is 6.58. The van der Waals surface area contributed by atoms with Gasteiger partial charge in [0.05, 0.1) is 6.61 Å². The number of hydrogen-bond donors (Lipinski definition) is 0. The van der Waals surface area contributed by atoms with E-state index in [1.165, 1.54) is 44.1 Å². The quantitative estimate of drug-likeness (QED) is 0.260. The summed E-state index contributed by atoms with van der Waals surface area (Å²) in [7, 11) is 0. The molecule has 2 heteroatoms. The van der Waals surface area contributed by atoms with Crippen molar-refractivity contribution in [3.63, 3.8) is 0 Å². The van der Waals surface area contributed by atoms with Crippen LogP contribution >= 0.6 is 0 Å². The van der Waals surface area contributed by atoms with Gasteiger partial charge >= 0.3 is 5.97 Å². The third kappa shape index (κ3) is 13.8. The molecule has 0 bridgehead atoms. The van der Waals surface area contributed by atoms with E-state index in [-0.39, 0.29) is 5.97 Å². The Hall–Kier alpha value is -1.83. The summed E-state index contributed by atoms with van der Waals surface area (Å²) in [6.45, 7) is 11.6. The molecule has 134 valence electrons. The van der Waals surface area contributed by atoms with Crippen molar-refractivity contribution in [2.24, 2.45) is 0 Å². The van der Waals surface area contributed by atoms with E-state index < -0.39 is 0 Å². The highest BCUT2D eigenvalue weighted by Crippen LogP contribution is 2.08. The molecule has 0 unspecified atom stereocenters. The van der Waals surface area contributed by atoms with E-state index in [2.05, 4.69) is 20.1 Å². The lowest BCUT2D eigenvalue weighted by Gasteiger charge is -2.04. The lowest BCUT2D eigenvalue weighted by molar-refractivity contribution is -0.139. The average molecular weight is 331 g/mol. The fraction of sp³-hybridized carbons (Fsp3) is 0.500. The van der Waals surface area contributed by atoms with Crippen molar-refractivity contribution in [3.05, 3.63) is 54.6 Å². The molecule has 0 spiro atoms. The Bertz CT molecular complexity index is 448. The first kappa shape index (κ1) is 22.2. The van der Waals surface area contributed by atoms with Gasteiger partial charge in [-0.1, -0.05) is 101 Å². The second-order valence-corrected chi connectivity index (χ2v) is 6.01. The van der Waals surface area contributed by atoms with Crippen LogP contribution in [-0.4, -0.2) is 12.6 Å². The standard InChI is InChI=1S/C14H26O2.C8H8/c1-4-5-6-7-8-9-10-11-12-16-14(15)13(2)3;1-2-8-6-4-3-5-7-8/h2,4-12H2,1,3H3;2-7H,1H2. The lowest BCUT2D eigenvalue weighted by atomic mass is 10.1. The molecular formula is C22H34O2. The van der Waals surface area contributed by atoms with Crippen LogP contribution in [0.1, 0.15) is 70.8 Å². The third-order valence-electron chi connectivity index (χ3n) is 3.61. The van der Waals surface area contributed by atoms with E-state index in [1.807, 2.05) is 36.4 Å². The molecule has 2 nitrogen and oxygen atoms in total. The number of esters is 1. The van der Waals surface area contributed by atoms with Gasteiger partial charge in [-0.05, 0) is 18.9 Å². The topological polar surface area (TPSA) is 26.3 Å². The second-order valence-electron chi connectivity index (χ2n) is 6.01. The van der Waals surface area contributed by atoms with E-state index in [0.29, 0.717) is 12.2 Å². The minimum absolute atomic E-state index is 0.261. The Morgan fingerprint density at radius 1 is 1.00 bits per heavy atom. The molecule has 0 saturated heterocycles. The smallest absolute Gasteiger partial charge is 0.333 e. The highest BCUT2D eigenvalue weighted by molar-refractivity contribution is 5.86. The zero-order chi connectivity index (χ0) is 18.0. The molecular weight excluding hydrogens is 296 g/mol. The van der Waals surface area contributed by atoms with Gasteiger partial charge in [-0.25, -0.2) is 4.79 Å². The fourth-order valence-corrected chi connectivity index (χ4v) is 2.11. The predicted molar refractivity (Wildman–Crippen MR) is 105 cm³/mol. The molecule has 0 radical (unpaired) electrons. The van der Waals surface area contributed by atoms with Gasteiger partial charge in [0.25, 0.3) is 0 Å². The van der Waals surface area contributed by atoms with Crippen LogP contribution in [0.3, 0.4) is 0 Å². The monoisotopic (exact) mass is 330 g/mol. The first-order valence-corrected chi connectivity index (χ1v) is 9.12. The highest BCUT2D eigenvalue weighted by Gasteiger charge is 2.01. The summed E-state index contributed by atoms with van der Waals surface area (Å²) in [4.78, 5) is 11.0. The summed E-state index contributed by atoms with van der Waals surface area (Å²) in [5, 5.41) is 0. The number of benzene rings is 1. The molecule has 1 rings (SSSR count).